The predicted octanol–water partition coefficient (Wildman–Crippen LogP) is 4.92. The maximum absolute atomic E-state index is 13.7. The van der Waals surface area contributed by atoms with Crippen molar-refractivity contribution in [3.05, 3.63) is 58.9 Å². The summed E-state index contributed by atoms with van der Waals surface area (Å²) in [7, 11) is 0. The topological polar surface area (TPSA) is 75.0 Å². The van der Waals surface area contributed by atoms with Crippen molar-refractivity contribution in [3.63, 3.8) is 0 Å². The summed E-state index contributed by atoms with van der Waals surface area (Å²) in [6.45, 7) is 12.2. The monoisotopic (exact) mass is 525 g/mol. The molecule has 1 heterocycles. The molecule has 1 unspecified atom stereocenters. The zero-order chi connectivity index (χ0) is 27.3. The van der Waals surface area contributed by atoms with Gasteiger partial charge in [0.1, 0.15) is 12.4 Å². The summed E-state index contributed by atoms with van der Waals surface area (Å²) in [5.74, 6) is 0.180. The van der Waals surface area contributed by atoms with Crippen molar-refractivity contribution in [1.82, 2.24) is 9.80 Å². The number of piperazine rings is 1. The van der Waals surface area contributed by atoms with Crippen LogP contribution in [0.4, 0.5) is 4.39 Å². The van der Waals surface area contributed by atoms with Gasteiger partial charge in [0.25, 0.3) is 0 Å². The van der Waals surface area contributed by atoms with Crippen LogP contribution in [0.1, 0.15) is 55.7 Å². The Bertz CT molecular complexity index is 1080. The molecular weight excluding hydrogens is 485 g/mol. The molecule has 8 heteroatoms. The van der Waals surface area contributed by atoms with Crippen LogP contribution in [0, 0.1) is 24.1 Å². The van der Waals surface area contributed by atoms with E-state index in [0.29, 0.717) is 18.3 Å². The molecule has 2 aromatic rings. The number of aryl methyl sites for hydroxylation is 1. The number of ether oxygens (including phenoxy) is 3. The van der Waals surface area contributed by atoms with Crippen LogP contribution in [0.2, 0.25) is 0 Å². The van der Waals surface area contributed by atoms with Gasteiger partial charge in [-0.15, -0.1) is 0 Å². The van der Waals surface area contributed by atoms with Crippen molar-refractivity contribution in [2.24, 2.45) is 0 Å². The van der Waals surface area contributed by atoms with Gasteiger partial charge in [-0.2, -0.15) is 5.26 Å². The maximum Gasteiger partial charge on any atom is 0.344 e. The first kappa shape index (κ1) is 29.4. The third-order valence-corrected chi connectivity index (χ3v) is 7.05. The van der Waals surface area contributed by atoms with Gasteiger partial charge in [-0.25, -0.2) is 9.18 Å². The van der Waals surface area contributed by atoms with Crippen molar-refractivity contribution in [1.29, 1.82) is 5.26 Å². The molecular formula is C30H40FN3O4. The molecule has 0 aliphatic carbocycles. The van der Waals surface area contributed by atoms with Gasteiger partial charge < -0.3 is 19.1 Å². The van der Waals surface area contributed by atoms with Crippen LogP contribution in [0.5, 0.6) is 11.5 Å². The fourth-order valence-electron chi connectivity index (χ4n) is 4.81. The minimum atomic E-state index is -0.504. The first-order chi connectivity index (χ1) is 18.4. The minimum Gasteiger partial charge on any atom is -0.488 e. The molecule has 206 valence electrons. The summed E-state index contributed by atoms with van der Waals surface area (Å²) in [6, 6.07) is 12.6. The summed E-state index contributed by atoms with van der Waals surface area (Å²) < 4.78 is 29.8. The summed E-state index contributed by atoms with van der Waals surface area (Å²) in [6.07, 6.45) is 3.40. The molecule has 2 aromatic carbocycles. The molecule has 1 aliphatic heterocycles. The Morgan fingerprint density at radius 1 is 1.03 bits per heavy atom. The molecule has 1 atom stereocenters. The Balaban J connectivity index is 1.37. The van der Waals surface area contributed by atoms with Crippen LogP contribution in [0.3, 0.4) is 0 Å². The number of carbonyl (C=O) groups is 1. The van der Waals surface area contributed by atoms with Crippen molar-refractivity contribution in [2.45, 2.75) is 46.0 Å². The Hall–Kier alpha value is -3.15. The quantitative estimate of drug-likeness (QED) is 0.324. The average Bonchev–Trinajstić information content (AvgIpc) is 2.92. The Kier molecular flexibility index (Phi) is 11.8. The van der Waals surface area contributed by atoms with E-state index in [-0.39, 0.29) is 19.0 Å². The molecule has 0 radical (unpaired) electrons. The van der Waals surface area contributed by atoms with Crippen molar-refractivity contribution in [3.8, 4) is 17.6 Å². The normalized spacial score (nSPS) is 15.0. The molecule has 7 nitrogen and oxygen atoms in total. The predicted molar refractivity (Wildman–Crippen MR) is 145 cm³/mol. The van der Waals surface area contributed by atoms with Gasteiger partial charge >= 0.3 is 5.97 Å². The first-order valence-electron chi connectivity index (χ1n) is 13.6. The largest absolute Gasteiger partial charge is 0.488 e. The van der Waals surface area contributed by atoms with Crippen LogP contribution >= 0.6 is 0 Å². The number of carbonyl (C=O) groups excluding carboxylic acids is 1. The molecule has 0 amide bonds. The van der Waals surface area contributed by atoms with E-state index in [1.54, 1.807) is 6.92 Å². The number of halogens is 1. The van der Waals surface area contributed by atoms with E-state index in [2.05, 4.69) is 34.9 Å². The van der Waals surface area contributed by atoms with Crippen molar-refractivity contribution in [2.75, 3.05) is 59.1 Å². The van der Waals surface area contributed by atoms with E-state index < -0.39 is 11.8 Å². The smallest absolute Gasteiger partial charge is 0.344 e. The lowest BCUT2D eigenvalue weighted by Gasteiger charge is -2.34. The van der Waals surface area contributed by atoms with Crippen LogP contribution in [-0.2, 0) is 9.53 Å². The van der Waals surface area contributed by atoms with E-state index in [1.807, 2.05) is 13.0 Å². The summed E-state index contributed by atoms with van der Waals surface area (Å²) in [5.41, 5.74) is 3.15. The highest BCUT2D eigenvalue weighted by Crippen LogP contribution is 2.28. The minimum absolute atomic E-state index is 0.199. The second kappa shape index (κ2) is 15.3. The summed E-state index contributed by atoms with van der Waals surface area (Å²) >= 11 is 0. The van der Waals surface area contributed by atoms with Crippen molar-refractivity contribution < 1.29 is 23.4 Å². The third-order valence-electron chi connectivity index (χ3n) is 7.05. The average molecular weight is 526 g/mol. The number of benzene rings is 2. The molecule has 1 fully saturated rings. The van der Waals surface area contributed by atoms with Gasteiger partial charge in [0.05, 0.1) is 18.2 Å². The van der Waals surface area contributed by atoms with Crippen LogP contribution in [0.25, 0.3) is 0 Å². The molecule has 0 spiro atoms. The van der Waals surface area contributed by atoms with Gasteiger partial charge in [-0.1, -0.05) is 19.1 Å². The number of rotatable bonds is 14. The van der Waals surface area contributed by atoms with E-state index >= 15 is 0 Å². The number of nitrogens with zero attached hydrogens (tertiary/aromatic N) is 3. The molecule has 38 heavy (non-hydrogen) atoms. The lowest BCUT2D eigenvalue weighted by Crippen LogP contribution is -2.47. The Morgan fingerprint density at radius 2 is 1.76 bits per heavy atom. The van der Waals surface area contributed by atoms with E-state index in [4.69, 9.17) is 14.2 Å². The van der Waals surface area contributed by atoms with Gasteiger partial charge in [-0.3, -0.25) is 4.90 Å². The highest BCUT2D eigenvalue weighted by Gasteiger charge is 2.18. The Labute approximate surface area is 226 Å². The van der Waals surface area contributed by atoms with E-state index in [0.717, 1.165) is 69.7 Å². The van der Waals surface area contributed by atoms with Gasteiger partial charge in [0.2, 0.25) is 0 Å². The van der Waals surface area contributed by atoms with Crippen LogP contribution < -0.4 is 9.47 Å². The van der Waals surface area contributed by atoms with Gasteiger partial charge in [0.15, 0.2) is 18.1 Å². The second-order valence-corrected chi connectivity index (χ2v) is 9.65. The third kappa shape index (κ3) is 9.00. The molecule has 1 saturated heterocycles. The zero-order valence-corrected chi connectivity index (χ0v) is 22.9. The first-order valence-corrected chi connectivity index (χ1v) is 13.6. The number of esters is 1. The highest BCUT2D eigenvalue weighted by atomic mass is 19.1. The highest BCUT2D eigenvalue weighted by molar-refractivity contribution is 5.71. The lowest BCUT2D eigenvalue weighted by atomic mass is 9.90. The standard InChI is InChI=1S/C30H40FN3O4/c1-4-24(25-8-9-26(21-32)23(3)19-25)7-6-12-33-13-15-34(16-14-33)17-18-37-28-11-10-27(31)20-29(28)38-22-30(35)36-5-2/h8-11,19-20,24H,4-7,12-18,22H2,1-3H3. The summed E-state index contributed by atoms with van der Waals surface area (Å²) in [4.78, 5) is 16.5. The van der Waals surface area contributed by atoms with Crippen molar-refractivity contribution >= 4 is 5.97 Å². The zero-order valence-electron chi connectivity index (χ0n) is 22.9. The van der Waals surface area contributed by atoms with E-state index in [9.17, 15) is 14.4 Å². The fourth-order valence-corrected chi connectivity index (χ4v) is 4.81. The van der Waals surface area contributed by atoms with Crippen LogP contribution in [-0.4, -0.2) is 74.9 Å². The Morgan fingerprint density at radius 3 is 2.42 bits per heavy atom. The molecule has 3 rings (SSSR count). The molecule has 0 bridgehead atoms. The van der Waals surface area contributed by atoms with Gasteiger partial charge in [-0.05, 0) is 74.9 Å². The number of hydrogen-bond donors (Lipinski definition) is 0. The molecule has 0 saturated carbocycles. The second-order valence-electron chi connectivity index (χ2n) is 9.65. The number of hydrogen-bond acceptors (Lipinski definition) is 7. The molecule has 0 N–H and O–H groups in total. The maximum atomic E-state index is 13.7. The molecule has 1 aliphatic rings. The lowest BCUT2D eigenvalue weighted by molar-refractivity contribution is -0.145. The SMILES string of the molecule is CCOC(=O)COc1cc(F)ccc1OCCN1CCN(CCCC(CC)c2ccc(C#N)c(C)c2)CC1. The molecule has 0 aromatic heterocycles. The van der Waals surface area contributed by atoms with Crippen LogP contribution in [0.15, 0.2) is 36.4 Å². The van der Waals surface area contributed by atoms with Gasteiger partial charge in [0, 0.05) is 38.8 Å². The van der Waals surface area contributed by atoms with E-state index in [1.165, 1.54) is 23.8 Å². The summed E-state index contributed by atoms with van der Waals surface area (Å²) in [5, 5.41) is 9.18. The fraction of sp³-hybridized carbons (Fsp3) is 0.533. The number of nitriles is 1.